The average Bonchev–Trinajstić information content (AvgIpc) is 3.14. The Morgan fingerprint density at radius 2 is 1.84 bits per heavy atom. The van der Waals surface area contributed by atoms with Gasteiger partial charge in [-0.2, -0.15) is 0 Å². The molecule has 0 saturated carbocycles. The Balaban J connectivity index is 1.91. The lowest BCUT2D eigenvalue weighted by Crippen LogP contribution is -2.40. The average molecular weight is 344 g/mol. The van der Waals surface area contributed by atoms with E-state index in [4.69, 9.17) is 9.52 Å². The number of carboxylic acid groups (broad SMARTS) is 1. The molecule has 1 aromatic heterocycles. The van der Waals surface area contributed by atoms with Crippen LogP contribution in [0.4, 0.5) is 0 Å². The van der Waals surface area contributed by atoms with E-state index in [-0.39, 0.29) is 18.2 Å². The maximum absolute atomic E-state index is 12.1. The zero-order valence-corrected chi connectivity index (χ0v) is 13.8. The largest absolute Gasteiger partial charge is 0.480 e. The molecule has 2 amide bonds. The molecule has 1 heterocycles. The minimum absolute atomic E-state index is 0.228. The van der Waals surface area contributed by atoms with Gasteiger partial charge in [-0.05, 0) is 36.2 Å². The smallest absolute Gasteiger partial charge is 0.326 e. The Morgan fingerprint density at radius 3 is 2.40 bits per heavy atom. The molecule has 7 nitrogen and oxygen atoms in total. The zero-order chi connectivity index (χ0) is 18.2. The van der Waals surface area contributed by atoms with Gasteiger partial charge in [0.2, 0.25) is 0 Å². The van der Waals surface area contributed by atoms with Gasteiger partial charge in [0.05, 0.1) is 6.26 Å². The van der Waals surface area contributed by atoms with Crippen molar-refractivity contribution in [3.63, 3.8) is 0 Å². The number of nitrogens with one attached hydrogen (secondary N) is 2. The molecule has 0 radical (unpaired) electrons. The number of benzene rings is 1. The van der Waals surface area contributed by atoms with Crippen molar-refractivity contribution in [3.05, 3.63) is 59.5 Å². The van der Waals surface area contributed by atoms with Gasteiger partial charge in [-0.25, -0.2) is 4.79 Å². The number of aliphatic carboxylic acids is 1. The Morgan fingerprint density at radius 1 is 1.12 bits per heavy atom. The van der Waals surface area contributed by atoms with Crippen molar-refractivity contribution in [3.8, 4) is 0 Å². The first-order valence-electron chi connectivity index (χ1n) is 7.95. The van der Waals surface area contributed by atoms with Gasteiger partial charge in [-0.1, -0.05) is 25.5 Å². The van der Waals surface area contributed by atoms with Crippen molar-refractivity contribution in [2.75, 3.05) is 0 Å². The number of amides is 2. The molecular formula is C18H20N2O5. The van der Waals surface area contributed by atoms with Gasteiger partial charge in [0.25, 0.3) is 11.8 Å². The predicted octanol–water partition coefficient (Wildman–Crippen LogP) is 2.19. The molecule has 2 aromatic rings. The third-order valence-corrected chi connectivity index (χ3v) is 3.59. The van der Waals surface area contributed by atoms with E-state index in [0.717, 1.165) is 5.56 Å². The first-order valence-corrected chi connectivity index (χ1v) is 7.95. The number of furan rings is 1. The van der Waals surface area contributed by atoms with Crippen molar-refractivity contribution >= 4 is 17.8 Å². The Kier molecular flexibility index (Phi) is 6.33. The summed E-state index contributed by atoms with van der Waals surface area (Å²) in [6, 6.07) is 8.89. The van der Waals surface area contributed by atoms with Crippen molar-refractivity contribution in [1.29, 1.82) is 0 Å². The standard InChI is InChI=1S/C18H20N2O5/c1-2-4-14(18(23)24)20-16(21)13-8-6-12(7-9-13)11-19-17(22)15-5-3-10-25-15/h3,5-10,14H,2,4,11H2,1H3,(H,19,22)(H,20,21)(H,23,24). The fourth-order valence-electron chi connectivity index (χ4n) is 2.24. The van der Waals surface area contributed by atoms with Crippen LogP contribution in [0.5, 0.6) is 0 Å². The normalized spacial score (nSPS) is 11.6. The van der Waals surface area contributed by atoms with Crippen LogP contribution in [0.15, 0.2) is 47.1 Å². The molecule has 0 aliphatic carbocycles. The highest BCUT2D eigenvalue weighted by Crippen LogP contribution is 2.07. The van der Waals surface area contributed by atoms with Crippen LogP contribution in [0.3, 0.4) is 0 Å². The Labute approximate surface area is 145 Å². The molecule has 1 aromatic carbocycles. The topological polar surface area (TPSA) is 109 Å². The molecule has 1 atom stereocenters. The van der Waals surface area contributed by atoms with Crippen LogP contribution in [0.2, 0.25) is 0 Å². The molecule has 0 fully saturated rings. The van der Waals surface area contributed by atoms with Gasteiger partial charge < -0.3 is 20.2 Å². The summed E-state index contributed by atoms with van der Waals surface area (Å²) in [6.45, 7) is 2.14. The Bertz CT molecular complexity index is 722. The summed E-state index contributed by atoms with van der Waals surface area (Å²) in [6.07, 6.45) is 2.45. The summed E-state index contributed by atoms with van der Waals surface area (Å²) in [5.41, 5.74) is 1.17. The van der Waals surface area contributed by atoms with Gasteiger partial charge in [-0.3, -0.25) is 9.59 Å². The molecule has 0 aliphatic rings. The number of carboxylic acids is 1. The molecular weight excluding hydrogens is 324 g/mol. The number of hydrogen-bond donors (Lipinski definition) is 3. The summed E-state index contributed by atoms with van der Waals surface area (Å²) >= 11 is 0. The number of carbonyl (C=O) groups is 3. The van der Waals surface area contributed by atoms with Crippen LogP contribution in [0.25, 0.3) is 0 Å². The molecule has 7 heteroatoms. The van der Waals surface area contributed by atoms with Crippen LogP contribution in [-0.2, 0) is 11.3 Å². The van der Waals surface area contributed by atoms with E-state index >= 15 is 0 Å². The maximum Gasteiger partial charge on any atom is 0.326 e. The molecule has 1 unspecified atom stereocenters. The molecule has 2 rings (SSSR count). The van der Waals surface area contributed by atoms with Crippen LogP contribution in [-0.4, -0.2) is 28.9 Å². The van der Waals surface area contributed by atoms with Gasteiger partial charge in [0.15, 0.2) is 5.76 Å². The second-order valence-corrected chi connectivity index (χ2v) is 5.51. The Hall–Kier alpha value is -3.09. The fraction of sp³-hybridized carbons (Fsp3) is 0.278. The lowest BCUT2D eigenvalue weighted by Gasteiger charge is -2.13. The molecule has 0 saturated heterocycles. The van der Waals surface area contributed by atoms with E-state index < -0.39 is 17.9 Å². The van der Waals surface area contributed by atoms with Gasteiger partial charge in [0.1, 0.15) is 6.04 Å². The molecule has 25 heavy (non-hydrogen) atoms. The molecule has 132 valence electrons. The quantitative estimate of drug-likeness (QED) is 0.680. The van der Waals surface area contributed by atoms with Crippen molar-refractivity contribution in [2.24, 2.45) is 0 Å². The van der Waals surface area contributed by atoms with Gasteiger partial charge in [-0.15, -0.1) is 0 Å². The second kappa shape index (κ2) is 8.68. The summed E-state index contributed by atoms with van der Waals surface area (Å²) in [5.74, 6) is -1.58. The van der Waals surface area contributed by atoms with Crippen LogP contribution < -0.4 is 10.6 Å². The van der Waals surface area contributed by atoms with E-state index in [2.05, 4.69) is 10.6 Å². The van der Waals surface area contributed by atoms with Crippen LogP contribution >= 0.6 is 0 Å². The minimum Gasteiger partial charge on any atom is -0.480 e. The van der Waals surface area contributed by atoms with Gasteiger partial charge >= 0.3 is 5.97 Å². The van der Waals surface area contributed by atoms with E-state index in [1.54, 1.807) is 36.4 Å². The summed E-state index contributed by atoms with van der Waals surface area (Å²) in [4.78, 5) is 35.0. The second-order valence-electron chi connectivity index (χ2n) is 5.51. The lowest BCUT2D eigenvalue weighted by molar-refractivity contribution is -0.139. The minimum atomic E-state index is -1.05. The lowest BCUT2D eigenvalue weighted by atomic mass is 10.1. The molecule has 3 N–H and O–H groups in total. The predicted molar refractivity (Wildman–Crippen MR) is 90.1 cm³/mol. The fourth-order valence-corrected chi connectivity index (χ4v) is 2.24. The highest BCUT2D eigenvalue weighted by atomic mass is 16.4. The van der Waals surface area contributed by atoms with E-state index in [1.165, 1.54) is 6.26 Å². The van der Waals surface area contributed by atoms with E-state index in [1.807, 2.05) is 6.92 Å². The summed E-state index contributed by atoms with van der Waals surface area (Å²) in [5, 5.41) is 14.3. The first-order chi connectivity index (χ1) is 12.0. The summed E-state index contributed by atoms with van der Waals surface area (Å²) < 4.78 is 5.00. The molecule has 0 aliphatic heterocycles. The zero-order valence-electron chi connectivity index (χ0n) is 13.8. The highest BCUT2D eigenvalue weighted by molar-refractivity contribution is 5.96. The number of hydrogen-bond acceptors (Lipinski definition) is 4. The SMILES string of the molecule is CCCC(NC(=O)c1ccc(CNC(=O)c2ccco2)cc1)C(=O)O. The van der Waals surface area contributed by atoms with Crippen molar-refractivity contribution in [2.45, 2.75) is 32.4 Å². The number of carbonyl (C=O) groups excluding carboxylic acids is 2. The monoisotopic (exact) mass is 344 g/mol. The van der Waals surface area contributed by atoms with E-state index in [9.17, 15) is 14.4 Å². The molecule has 0 spiro atoms. The maximum atomic E-state index is 12.1. The van der Waals surface area contributed by atoms with Crippen LogP contribution in [0, 0.1) is 0 Å². The van der Waals surface area contributed by atoms with Gasteiger partial charge in [0, 0.05) is 12.1 Å². The highest BCUT2D eigenvalue weighted by Gasteiger charge is 2.19. The first kappa shape index (κ1) is 18.3. The third kappa shape index (κ3) is 5.20. The van der Waals surface area contributed by atoms with Crippen molar-refractivity contribution < 1.29 is 23.9 Å². The van der Waals surface area contributed by atoms with E-state index in [0.29, 0.717) is 18.4 Å². The third-order valence-electron chi connectivity index (χ3n) is 3.59. The number of rotatable bonds is 8. The van der Waals surface area contributed by atoms with Crippen molar-refractivity contribution in [1.82, 2.24) is 10.6 Å². The molecule has 0 bridgehead atoms. The summed E-state index contributed by atoms with van der Waals surface area (Å²) in [7, 11) is 0. The van der Waals surface area contributed by atoms with Crippen LogP contribution in [0.1, 0.15) is 46.2 Å².